The van der Waals surface area contributed by atoms with Crippen LogP contribution in [-0.2, 0) is 16.2 Å². The van der Waals surface area contributed by atoms with E-state index in [0.717, 1.165) is 21.7 Å². The number of halogens is 3. The molecule has 4 aromatic rings. The number of rotatable bonds is 6. The number of amides is 2. The van der Waals surface area contributed by atoms with Gasteiger partial charge in [0.2, 0.25) is 0 Å². The molecule has 4 rings (SSSR count). The van der Waals surface area contributed by atoms with Gasteiger partial charge in [-0.25, -0.2) is 13.2 Å². The van der Waals surface area contributed by atoms with Crippen LogP contribution >= 0.6 is 11.3 Å². The average molecular weight is 522 g/mol. The molecule has 8 nitrogen and oxygen atoms in total. The Labute approximate surface area is 202 Å². The van der Waals surface area contributed by atoms with Gasteiger partial charge >= 0.3 is 12.2 Å². The van der Waals surface area contributed by atoms with Gasteiger partial charge in [0, 0.05) is 18.4 Å². The molecule has 0 spiro atoms. The largest absolute Gasteiger partial charge is 0.435 e. The van der Waals surface area contributed by atoms with Crippen molar-refractivity contribution in [2.45, 2.75) is 10.4 Å². The second-order valence-corrected chi connectivity index (χ2v) is 10.5. The summed E-state index contributed by atoms with van der Waals surface area (Å²) in [4.78, 5) is 12.4. The van der Waals surface area contributed by atoms with Crippen LogP contribution in [0, 0.1) is 0 Å². The first-order chi connectivity index (χ1) is 16.5. The minimum atomic E-state index is -4.61. The zero-order valence-corrected chi connectivity index (χ0v) is 19.6. The number of aromatic nitrogens is 2. The molecule has 35 heavy (non-hydrogen) atoms. The third-order valence-corrected chi connectivity index (χ3v) is 8.22. The Bertz CT molecular complexity index is 1430. The smallest absolute Gasteiger partial charge is 0.308 e. The molecule has 0 aliphatic rings. The van der Waals surface area contributed by atoms with Crippen LogP contribution in [0.1, 0.15) is 5.69 Å². The number of carbonyl (C=O) groups excluding carboxylic acids is 1. The zero-order valence-electron chi connectivity index (χ0n) is 18.0. The molecule has 0 saturated heterocycles. The van der Waals surface area contributed by atoms with Crippen LogP contribution in [0.15, 0.2) is 77.0 Å². The minimum absolute atomic E-state index is 0.0531. The third kappa shape index (κ3) is 5.46. The highest BCUT2D eigenvalue weighted by Crippen LogP contribution is 2.35. The highest BCUT2D eigenvalue weighted by molar-refractivity contribution is 7.94. The van der Waals surface area contributed by atoms with Gasteiger partial charge in [-0.2, -0.15) is 18.3 Å². The Kier molecular flexibility index (Phi) is 6.54. The zero-order chi connectivity index (χ0) is 25.2. The van der Waals surface area contributed by atoms with E-state index in [9.17, 15) is 26.4 Å². The second-order valence-electron chi connectivity index (χ2n) is 7.25. The average Bonchev–Trinajstić information content (AvgIpc) is 3.50. The number of carbonyl (C=O) groups is 1. The molecule has 0 bridgehead atoms. The summed E-state index contributed by atoms with van der Waals surface area (Å²) in [6.07, 6.45) is -4.61. The normalized spacial score (nSPS) is 11.8. The van der Waals surface area contributed by atoms with E-state index in [0.29, 0.717) is 21.9 Å². The lowest BCUT2D eigenvalue weighted by molar-refractivity contribution is -0.141. The number of nitrogens with zero attached hydrogens (tertiary/aromatic N) is 2. The van der Waals surface area contributed by atoms with Crippen molar-refractivity contribution in [2.75, 3.05) is 22.0 Å². The number of alkyl halides is 3. The van der Waals surface area contributed by atoms with Crippen molar-refractivity contribution in [3.63, 3.8) is 0 Å². The summed E-state index contributed by atoms with van der Waals surface area (Å²) in [5, 5.41) is 10.8. The number of sulfonamides is 1. The second kappa shape index (κ2) is 9.43. The fourth-order valence-corrected chi connectivity index (χ4v) is 5.68. The lowest BCUT2D eigenvalue weighted by Gasteiger charge is -2.19. The van der Waals surface area contributed by atoms with Gasteiger partial charge in [0.1, 0.15) is 4.21 Å². The van der Waals surface area contributed by atoms with E-state index in [2.05, 4.69) is 20.8 Å². The SMILES string of the molecule is CN(c1ccc(NC(=O)Nc2ccccc2)cc1)S(=O)(=O)c1ccc(-c2cc(C(F)(F)F)n[nH]2)s1. The summed E-state index contributed by atoms with van der Waals surface area (Å²) in [6.45, 7) is 0. The number of benzene rings is 2. The van der Waals surface area contributed by atoms with Gasteiger partial charge in [0.05, 0.1) is 16.3 Å². The van der Waals surface area contributed by atoms with E-state index >= 15 is 0 Å². The van der Waals surface area contributed by atoms with Crippen molar-refractivity contribution < 1.29 is 26.4 Å². The van der Waals surface area contributed by atoms with Gasteiger partial charge in [-0.15, -0.1) is 11.3 Å². The van der Waals surface area contributed by atoms with Gasteiger partial charge in [-0.1, -0.05) is 18.2 Å². The molecular weight excluding hydrogens is 503 g/mol. The van der Waals surface area contributed by atoms with E-state index in [4.69, 9.17) is 0 Å². The number of nitrogens with one attached hydrogen (secondary N) is 3. The summed E-state index contributed by atoms with van der Waals surface area (Å²) in [7, 11) is -2.62. The third-order valence-electron chi connectivity index (χ3n) is 4.85. The quantitative estimate of drug-likeness (QED) is 0.306. The van der Waals surface area contributed by atoms with Crippen molar-refractivity contribution in [2.24, 2.45) is 0 Å². The molecule has 0 fully saturated rings. The van der Waals surface area contributed by atoms with Gasteiger partial charge in [0.25, 0.3) is 10.0 Å². The van der Waals surface area contributed by atoms with Crippen molar-refractivity contribution in [3.05, 3.63) is 78.5 Å². The molecule has 0 aliphatic carbocycles. The summed E-state index contributed by atoms with van der Waals surface area (Å²) in [5.41, 5.74) is 0.373. The van der Waals surface area contributed by atoms with Crippen LogP contribution in [0.2, 0.25) is 0 Å². The van der Waals surface area contributed by atoms with Crippen LogP contribution < -0.4 is 14.9 Å². The van der Waals surface area contributed by atoms with E-state index in [1.54, 1.807) is 36.4 Å². The van der Waals surface area contributed by atoms with Gasteiger partial charge < -0.3 is 10.6 Å². The Morgan fingerprint density at radius 2 is 1.60 bits per heavy atom. The number of aromatic amines is 1. The van der Waals surface area contributed by atoms with Crippen LogP contribution in [0.5, 0.6) is 0 Å². The number of thiophene rings is 1. The molecule has 0 saturated carbocycles. The summed E-state index contributed by atoms with van der Waals surface area (Å²) in [6, 6.07) is 18.1. The molecular formula is C22H18F3N5O3S2. The number of para-hydroxylation sites is 1. The Hall–Kier alpha value is -3.84. The Balaban J connectivity index is 1.45. The first-order valence-corrected chi connectivity index (χ1v) is 12.2. The first-order valence-electron chi connectivity index (χ1n) is 9.99. The molecule has 2 aromatic heterocycles. The highest BCUT2D eigenvalue weighted by Gasteiger charge is 2.34. The molecule has 3 N–H and O–H groups in total. The van der Waals surface area contributed by atoms with Crippen molar-refractivity contribution in [1.82, 2.24) is 10.2 Å². The molecule has 182 valence electrons. The maximum atomic E-state index is 13.1. The molecule has 0 unspecified atom stereocenters. The van der Waals surface area contributed by atoms with Crippen LogP contribution in [0.3, 0.4) is 0 Å². The maximum absolute atomic E-state index is 13.1. The van der Waals surface area contributed by atoms with Crippen LogP contribution in [0.4, 0.5) is 35.0 Å². The number of hydrogen-bond donors (Lipinski definition) is 3. The van der Waals surface area contributed by atoms with Crippen LogP contribution in [-0.4, -0.2) is 31.7 Å². The highest BCUT2D eigenvalue weighted by atomic mass is 32.2. The monoisotopic (exact) mass is 521 g/mol. The van der Waals surface area contributed by atoms with E-state index in [1.807, 2.05) is 6.07 Å². The van der Waals surface area contributed by atoms with E-state index < -0.39 is 27.9 Å². The predicted octanol–water partition coefficient (Wildman–Crippen LogP) is 5.63. The lowest BCUT2D eigenvalue weighted by Crippen LogP contribution is -2.25. The molecule has 0 atom stereocenters. The summed E-state index contributed by atoms with van der Waals surface area (Å²) < 4.78 is 65.5. The number of urea groups is 1. The maximum Gasteiger partial charge on any atom is 0.435 e. The van der Waals surface area contributed by atoms with E-state index in [-0.39, 0.29) is 9.90 Å². The number of anilines is 3. The fourth-order valence-electron chi connectivity index (χ4n) is 3.04. The van der Waals surface area contributed by atoms with Crippen molar-refractivity contribution >= 4 is 44.5 Å². The molecule has 0 aliphatic heterocycles. The first kappa shape index (κ1) is 24.3. The molecule has 2 aromatic carbocycles. The van der Waals surface area contributed by atoms with Gasteiger partial charge in [-0.3, -0.25) is 9.40 Å². The Morgan fingerprint density at radius 1 is 0.971 bits per heavy atom. The van der Waals surface area contributed by atoms with Gasteiger partial charge in [0.15, 0.2) is 5.69 Å². The topological polar surface area (TPSA) is 107 Å². The van der Waals surface area contributed by atoms with Gasteiger partial charge in [-0.05, 0) is 54.6 Å². The van der Waals surface area contributed by atoms with Crippen molar-refractivity contribution in [1.29, 1.82) is 0 Å². The molecule has 2 amide bonds. The van der Waals surface area contributed by atoms with Crippen LogP contribution in [0.25, 0.3) is 10.6 Å². The molecule has 2 heterocycles. The number of H-pyrrole nitrogens is 1. The van der Waals surface area contributed by atoms with E-state index in [1.165, 1.54) is 31.3 Å². The molecule has 13 heteroatoms. The predicted molar refractivity (Wildman–Crippen MR) is 128 cm³/mol. The fraction of sp³-hybridized carbons (Fsp3) is 0.0909. The lowest BCUT2D eigenvalue weighted by atomic mass is 10.3. The number of hydrogen-bond acceptors (Lipinski definition) is 5. The summed E-state index contributed by atoms with van der Waals surface area (Å²) in [5.74, 6) is 0. The summed E-state index contributed by atoms with van der Waals surface area (Å²) >= 11 is 0.819. The minimum Gasteiger partial charge on any atom is -0.308 e. The molecule has 0 radical (unpaired) electrons. The van der Waals surface area contributed by atoms with Crippen molar-refractivity contribution in [3.8, 4) is 10.6 Å². The standard InChI is InChI=1S/C22H18F3N5O3S2/c1-30(16-9-7-15(8-10-16)27-21(31)26-14-5-3-2-4-6-14)35(32,33)20-12-11-18(34-20)17-13-19(29-28-17)22(23,24)25/h2-13H,1H3,(H,28,29)(H2,26,27,31). The Morgan fingerprint density at radius 3 is 2.20 bits per heavy atom.